The fourth-order valence-electron chi connectivity index (χ4n) is 2.72. The number of hydrogen-bond donors (Lipinski definition) is 1. The zero-order valence-corrected chi connectivity index (χ0v) is 13.2. The van der Waals surface area contributed by atoms with Crippen LogP contribution >= 0.6 is 11.6 Å². The number of benzene rings is 1. The SMILES string of the molecule is NC(=O)[C@@H]1CCN(C(=O)c2cnn(Cc3ccccc3Cl)c2)C1. The molecule has 2 aromatic rings. The van der Waals surface area contributed by atoms with Crippen LogP contribution in [-0.2, 0) is 11.3 Å². The molecule has 0 bridgehead atoms. The second kappa shape index (κ2) is 6.42. The van der Waals surface area contributed by atoms with Crippen molar-refractivity contribution < 1.29 is 9.59 Å². The molecule has 1 aromatic heterocycles. The second-order valence-corrected chi connectivity index (χ2v) is 6.06. The zero-order chi connectivity index (χ0) is 16.4. The van der Waals surface area contributed by atoms with Crippen LogP contribution in [0.3, 0.4) is 0 Å². The smallest absolute Gasteiger partial charge is 0.257 e. The average molecular weight is 333 g/mol. The molecule has 2 heterocycles. The molecule has 0 aliphatic carbocycles. The molecule has 1 aliphatic heterocycles. The number of hydrogen-bond acceptors (Lipinski definition) is 3. The van der Waals surface area contributed by atoms with Crippen molar-refractivity contribution in [3.05, 3.63) is 52.8 Å². The Hall–Kier alpha value is -2.34. The molecule has 2 amide bonds. The maximum absolute atomic E-state index is 12.4. The van der Waals surface area contributed by atoms with Gasteiger partial charge < -0.3 is 10.6 Å². The minimum Gasteiger partial charge on any atom is -0.369 e. The van der Waals surface area contributed by atoms with Gasteiger partial charge in [0.15, 0.2) is 0 Å². The standard InChI is InChI=1S/C16H17ClN4O2/c17-14-4-2-1-3-11(14)9-21-10-13(7-19-21)16(23)20-6-5-12(8-20)15(18)22/h1-4,7,10,12H,5-6,8-9H2,(H2,18,22)/t12-/m1/s1. The van der Waals surface area contributed by atoms with Crippen LogP contribution in [0.4, 0.5) is 0 Å². The number of primary amides is 1. The molecule has 1 atom stereocenters. The van der Waals surface area contributed by atoms with E-state index in [-0.39, 0.29) is 17.7 Å². The number of likely N-dealkylation sites (tertiary alicyclic amines) is 1. The van der Waals surface area contributed by atoms with Gasteiger partial charge in [0, 0.05) is 24.3 Å². The van der Waals surface area contributed by atoms with Crippen LogP contribution < -0.4 is 5.73 Å². The van der Waals surface area contributed by atoms with Gasteiger partial charge >= 0.3 is 0 Å². The summed E-state index contributed by atoms with van der Waals surface area (Å²) in [6.07, 6.45) is 3.86. The van der Waals surface area contributed by atoms with Crippen molar-refractivity contribution in [3.63, 3.8) is 0 Å². The Balaban J connectivity index is 1.69. The molecule has 0 unspecified atom stereocenters. The molecular weight excluding hydrogens is 316 g/mol. The van der Waals surface area contributed by atoms with E-state index in [0.29, 0.717) is 36.6 Å². The van der Waals surface area contributed by atoms with Crippen LogP contribution in [0, 0.1) is 5.92 Å². The van der Waals surface area contributed by atoms with Gasteiger partial charge in [0.05, 0.1) is 24.2 Å². The summed E-state index contributed by atoms with van der Waals surface area (Å²) in [4.78, 5) is 25.3. The molecule has 0 spiro atoms. The van der Waals surface area contributed by atoms with Gasteiger partial charge in [-0.3, -0.25) is 14.3 Å². The van der Waals surface area contributed by atoms with E-state index in [1.807, 2.05) is 24.3 Å². The predicted molar refractivity (Wildman–Crippen MR) is 86.0 cm³/mol. The summed E-state index contributed by atoms with van der Waals surface area (Å²) in [5.74, 6) is -0.731. The predicted octanol–water partition coefficient (Wildman–Crippen LogP) is 1.53. The molecule has 6 nitrogen and oxygen atoms in total. The van der Waals surface area contributed by atoms with Gasteiger partial charge in [-0.05, 0) is 18.1 Å². The quantitative estimate of drug-likeness (QED) is 0.922. The number of nitrogens with zero attached hydrogens (tertiary/aromatic N) is 3. The van der Waals surface area contributed by atoms with Crippen molar-refractivity contribution in [2.45, 2.75) is 13.0 Å². The Bertz CT molecular complexity index is 743. The van der Waals surface area contributed by atoms with E-state index in [4.69, 9.17) is 17.3 Å². The van der Waals surface area contributed by atoms with E-state index < -0.39 is 0 Å². The molecule has 3 rings (SSSR count). The first-order valence-electron chi connectivity index (χ1n) is 7.39. The Labute approximate surface area is 138 Å². The third-order valence-electron chi connectivity index (χ3n) is 4.05. The van der Waals surface area contributed by atoms with E-state index in [0.717, 1.165) is 5.56 Å². The van der Waals surface area contributed by atoms with Gasteiger partial charge in [0.25, 0.3) is 5.91 Å². The average Bonchev–Trinajstić information content (AvgIpc) is 3.18. The number of aromatic nitrogens is 2. The minimum absolute atomic E-state index is 0.126. The number of amides is 2. The van der Waals surface area contributed by atoms with E-state index in [9.17, 15) is 9.59 Å². The molecule has 1 aromatic carbocycles. The van der Waals surface area contributed by atoms with E-state index in [1.165, 1.54) is 6.20 Å². The van der Waals surface area contributed by atoms with Crippen molar-refractivity contribution >= 4 is 23.4 Å². The van der Waals surface area contributed by atoms with Gasteiger partial charge in [-0.25, -0.2) is 0 Å². The van der Waals surface area contributed by atoms with E-state index >= 15 is 0 Å². The fraction of sp³-hybridized carbons (Fsp3) is 0.312. The van der Waals surface area contributed by atoms with Crippen LogP contribution in [-0.4, -0.2) is 39.6 Å². The highest BCUT2D eigenvalue weighted by molar-refractivity contribution is 6.31. The van der Waals surface area contributed by atoms with Crippen molar-refractivity contribution in [2.75, 3.05) is 13.1 Å². The van der Waals surface area contributed by atoms with E-state index in [1.54, 1.807) is 15.8 Å². The molecule has 1 saturated heterocycles. The molecule has 7 heteroatoms. The summed E-state index contributed by atoms with van der Waals surface area (Å²) >= 11 is 6.13. The highest BCUT2D eigenvalue weighted by Gasteiger charge is 2.30. The number of nitrogens with two attached hydrogens (primary N) is 1. The molecule has 1 fully saturated rings. The summed E-state index contributed by atoms with van der Waals surface area (Å²) in [5.41, 5.74) is 6.74. The van der Waals surface area contributed by atoms with Crippen LogP contribution in [0.1, 0.15) is 22.3 Å². The van der Waals surface area contributed by atoms with Crippen LogP contribution in [0.25, 0.3) is 0 Å². The first-order chi connectivity index (χ1) is 11.0. The Morgan fingerprint density at radius 1 is 1.35 bits per heavy atom. The van der Waals surface area contributed by atoms with Gasteiger partial charge in [0.2, 0.25) is 5.91 Å². The summed E-state index contributed by atoms with van der Waals surface area (Å²) in [7, 11) is 0. The Morgan fingerprint density at radius 3 is 2.83 bits per heavy atom. The lowest BCUT2D eigenvalue weighted by Crippen LogP contribution is -2.31. The van der Waals surface area contributed by atoms with Crippen LogP contribution in [0.5, 0.6) is 0 Å². The first kappa shape index (κ1) is 15.6. The number of carbonyl (C=O) groups is 2. The lowest BCUT2D eigenvalue weighted by molar-refractivity contribution is -0.121. The van der Waals surface area contributed by atoms with Gasteiger partial charge in [-0.15, -0.1) is 0 Å². The monoisotopic (exact) mass is 332 g/mol. The van der Waals surface area contributed by atoms with Crippen molar-refractivity contribution in [1.82, 2.24) is 14.7 Å². The topological polar surface area (TPSA) is 81.2 Å². The lowest BCUT2D eigenvalue weighted by atomic mass is 10.1. The van der Waals surface area contributed by atoms with Gasteiger partial charge in [-0.1, -0.05) is 29.8 Å². The minimum atomic E-state index is -0.352. The molecule has 120 valence electrons. The zero-order valence-electron chi connectivity index (χ0n) is 12.5. The molecule has 0 radical (unpaired) electrons. The summed E-state index contributed by atoms with van der Waals surface area (Å²) in [6, 6.07) is 7.52. The highest BCUT2D eigenvalue weighted by Crippen LogP contribution is 2.19. The summed E-state index contributed by atoms with van der Waals surface area (Å²) in [6.45, 7) is 1.42. The number of rotatable bonds is 4. The van der Waals surface area contributed by atoms with Crippen molar-refractivity contribution in [3.8, 4) is 0 Å². The van der Waals surface area contributed by atoms with Gasteiger partial charge in [0.1, 0.15) is 0 Å². The Kier molecular flexibility index (Phi) is 4.34. The fourth-order valence-corrected chi connectivity index (χ4v) is 2.92. The highest BCUT2D eigenvalue weighted by atomic mass is 35.5. The van der Waals surface area contributed by atoms with Gasteiger partial charge in [-0.2, -0.15) is 5.10 Å². The van der Waals surface area contributed by atoms with Crippen molar-refractivity contribution in [2.24, 2.45) is 11.7 Å². The molecule has 1 aliphatic rings. The molecule has 0 saturated carbocycles. The molecular formula is C16H17ClN4O2. The van der Waals surface area contributed by atoms with Crippen molar-refractivity contribution in [1.29, 1.82) is 0 Å². The second-order valence-electron chi connectivity index (χ2n) is 5.66. The maximum atomic E-state index is 12.4. The van der Waals surface area contributed by atoms with Crippen LogP contribution in [0.2, 0.25) is 5.02 Å². The number of halogens is 1. The Morgan fingerprint density at radius 2 is 2.13 bits per heavy atom. The summed E-state index contributed by atoms with van der Waals surface area (Å²) < 4.78 is 1.68. The van der Waals surface area contributed by atoms with E-state index in [2.05, 4.69) is 5.10 Å². The maximum Gasteiger partial charge on any atom is 0.257 e. The third kappa shape index (κ3) is 3.37. The van der Waals surface area contributed by atoms with Crippen LogP contribution in [0.15, 0.2) is 36.7 Å². The largest absolute Gasteiger partial charge is 0.369 e. The molecule has 23 heavy (non-hydrogen) atoms. The number of carbonyl (C=O) groups excluding carboxylic acids is 2. The normalized spacial score (nSPS) is 17.4. The summed E-state index contributed by atoms with van der Waals surface area (Å²) in [5, 5.41) is 4.88. The lowest BCUT2D eigenvalue weighted by Gasteiger charge is -2.14. The molecule has 2 N–H and O–H groups in total. The third-order valence-corrected chi connectivity index (χ3v) is 4.42. The first-order valence-corrected chi connectivity index (χ1v) is 7.77.